The van der Waals surface area contributed by atoms with Crippen molar-refractivity contribution in [1.82, 2.24) is 19.8 Å². The summed E-state index contributed by atoms with van der Waals surface area (Å²) >= 11 is 0. The third-order valence-electron chi connectivity index (χ3n) is 4.31. The van der Waals surface area contributed by atoms with Gasteiger partial charge in [0.25, 0.3) is 5.91 Å². The van der Waals surface area contributed by atoms with Crippen molar-refractivity contribution in [1.29, 1.82) is 0 Å². The molecule has 0 aliphatic carbocycles. The molecule has 25 heavy (non-hydrogen) atoms. The van der Waals surface area contributed by atoms with Crippen molar-refractivity contribution >= 4 is 16.9 Å². The second-order valence-corrected chi connectivity index (χ2v) is 6.15. The van der Waals surface area contributed by atoms with Gasteiger partial charge in [-0.25, -0.2) is 4.98 Å². The predicted octanol–water partition coefficient (Wildman–Crippen LogP) is 0.785. The van der Waals surface area contributed by atoms with Crippen molar-refractivity contribution in [2.45, 2.75) is 13.0 Å². The maximum atomic E-state index is 12.6. The second kappa shape index (κ2) is 8.33. The van der Waals surface area contributed by atoms with Crippen molar-refractivity contribution < 1.29 is 14.6 Å². The molecule has 1 aliphatic rings. The van der Waals surface area contributed by atoms with Gasteiger partial charge in [0, 0.05) is 39.3 Å². The Morgan fingerprint density at radius 1 is 1.24 bits per heavy atom. The molecule has 1 aliphatic heterocycles. The Kier molecular flexibility index (Phi) is 5.91. The van der Waals surface area contributed by atoms with E-state index in [1.165, 1.54) is 0 Å². The number of hydrogen-bond acceptors (Lipinski definition) is 6. The van der Waals surface area contributed by atoms with Gasteiger partial charge in [0.2, 0.25) is 0 Å². The van der Waals surface area contributed by atoms with Crippen LogP contribution in [0.3, 0.4) is 0 Å². The molecule has 0 unspecified atom stereocenters. The van der Waals surface area contributed by atoms with E-state index in [9.17, 15) is 9.90 Å². The summed E-state index contributed by atoms with van der Waals surface area (Å²) in [5, 5.41) is 9.92. The quantitative estimate of drug-likeness (QED) is 0.834. The van der Waals surface area contributed by atoms with Gasteiger partial charge in [-0.15, -0.1) is 0 Å². The van der Waals surface area contributed by atoms with E-state index in [0.717, 1.165) is 24.1 Å². The summed E-state index contributed by atoms with van der Waals surface area (Å²) in [7, 11) is 0. The fraction of sp³-hybridized carbons (Fsp3) is 0.500. The number of carbonyl (C=O) groups is 1. The predicted molar refractivity (Wildman–Crippen MR) is 94.4 cm³/mol. The fourth-order valence-corrected chi connectivity index (χ4v) is 2.96. The second-order valence-electron chi connectivity index (χ2n) is 6.15. The molecule has 1 aromatic carbocycles. The smallest absolute Gasteiger partial charge is 0.274 e. The van der Waals surface area contributed by atoms with Crippen LogP contribution in [0.15, 0.2) is 30.5 Å². The molecule has 1 N–H and O–H groups in total. The van der Waals surface area contributed by atoms with E-state index in [0.29, 0.717) is 38.5 Å². The first-order valence-corrected chi connectivity index (χ1v) is 8.66. The van der Waals surface area contributed by atoms with Crippen LogP contribution in [0, 0.1) is 0 Å². The normalized spacial score (nSPS) is 17.0. The number of benzene rings is 1. The van der Waals surface area contributed by atoms with E-state index in [1.807, 2.05) is 31.2 Å². The SMILES string of the molecule is CCOC[C@H](O)CN1CCN(C(=O)c2cnc3ccccc3n2)CC1. The molecule has 1 fully saturated rings. The summed E-state index contributed by atoms with van der Waals surface area (Å²) < 4.78 is 5.23. The molecule has 0 bridgehead atoms. The number of nitrogens with zero attached hydrogens (tertiary/aromatic N) is 4. The zero-order chi connectivity index (χ0) is 17.6. The minimum atomic E-state index is -0.492. The summed E-state index contributed by atoms with van der Waals surface area (Å²) in [6, 6.07) is 7.52. The van der Waals surface area contributed by atoms with E-state index in [2.05, 4.69) is 14.9 Å². The van der Waals surface area contributed by atoms with Crippen LogP contribution < -0.4 is 0 Å². The average molecular weight is 344 g/mol. The number of hydrogen-bond donors (Lipinski definition) is 1. The number of fused-ring (bicyclic) bond motifs is 1. The number of aliphatic hydroxyl groups is 1. The zero-order valence-corrected chi connectivity index (χ0v) is 14.5. The summed E-state index contributed by atoms with van der Waals surface area (Å²) in [5.74, 6) is -0.0900. The van der Waals surface area contributed by atoms with Crippen LogP contribution >= 0.6 is 0 Å². The molecule has 1 atom stereocenters. The molecule has 2 aromatic rings. The van der Waals surface area contributed by atoms with E-state index in [4.69, 9.17) is 4.74 Å². The highest BCUT2D eigenvalue weighted by atomic mass is 16.5. The molecule has 1 saturated heterocycles. The van der Waals surface area contributed by atoms with Crippen LogP contribution in [-0.4, -0.2) is 82.8 Å². The number of β-amino-alcohol motifs (C(OH)–C–C–N with tert-alkyl or cyclic N) is 1. The van der Waals surface area contributed by atoms with E-state index >= 15 is 0 Å². The van der Waals surface area contributed by atoms with Crippen LogP contribution in [0.4, 0.5) is 0 Å². The van der Waals surface area contributed by atoms with Crippen molar-refractivity contribution in [3.05, 3.63) is 36.2 Å². The van der Waals surface area contributed by atoms with E-state index < -0.39 is 6.10 Å². The number of amides is 1. The molecule has 2 heterocycles. The molecular formula is C18H24N4O3. The van der Waals surface area contributed by atoms with Crippen molar-refractivity contribution in [3.63, 3.8) is 0 Å². The van der Waals surface area contributed by atoms with Crippen molar-refractivity contribution in [3.8, 4) is 0 Å². The Morgan fingerprint density at radius 3 is 2.68 bits per heavy atom. The summed E-state index contributed by atoms with van der Waals surface area (Å²) in [6.07, 6.45) is 1.05. The molecular weight excluding hydrogens is 320 g/mol. The molecule has 3 rings (SSSR count). The van der Waals surface area contributed by atoms with Crippen molar-refractivity contribution in [2.24, 2.45) is 0 Å². The molecule has 1 aromatic heterocycles. The van der Waals surface area contributed by atoms with Gasteiger partial charge in [0.05, 0.1) is 29.9 Å². The van der Waals surface area contributed by atoms with Crippen LogP contribution in [0.25, 0.3) is 11.0 Å². The summed E-state index contributed by atoms with van der Waals surface area (Å²) in [5.41, 5.74) is 1.89. The van der Waals surface area contributed by atoms with Gasteiger partial charge in [-0.2, -0.15) is 0 Å². The van der Waals surface area contributed by atoms with Gasteiger partial charge in [0.15, 0.2) is 0 Å². The minimum absolute atomic E-state index is 0.0900. The first kappa shape index (κ1) is 17.7. The average Bonchev–Trinajstić information content (AvgIpc) is 2.66. The van der Waals surface area contributed by atoms with Gasteiger partial charge in [-0.05, 0) is 19.1 Å². The number of piperazine rings is 1. The number of aromatic nitrogens is 2. The highest BCUT2D eigenvalue weighted by Gasteiger charge is 2.24. The third-order valence-corrected chi connectivity index (χ3v) is 4.31. The van der Waals surface area contributed by atoms with Gasteiger partial charge >= 0.3 is 0 Å². The summed E-state index contributed by atoms with van der Waals surface area (Å²) in [6.45, 7) is 6.13. The molecule has 7 nitrogen and oxygen atoms in total. The molecule has 0 spiro atoms. The maximum absolute atomic E-state index is 12.6. The molecule has 7 heteroatoms. The van der Waals surface area contributed by atoms with Crippen LogP contribution in [0.2, 0.25) is 0 Å². The van der Waals surface area contributed by atoms with Crippen LogP contribution in [0.1, 0.15) is 17.4 Å². The topological polar surface area (TPSA) is 78.8 Å². The zero-order valence-electron chi connectivity index (χ0n) is 14.5. The Bertz CT molecular complexity index is 716. The lowest BCUT2D eigenvalue weighted by atomic mass is 10.2. The van der Waals surface area contributed by atoms with Gasteiger partial charge in [0.1, 0.15) is 5.69 Å². The Hall–Kier alpha value is -2.09. The van der Waals surface area contributed by atoms with Gasteiger partial charge in [-0.1, -0.05) is 12.1 Å². The van der Waals surface area contributed by atoms with Gasteiger partial charge < -0.3 is 14.7 Å². The lowest BCUT2D eigenvalue weighted by molar-refractivity contribution is 0.0110. The standard InChI is InChI=1S/C18H24N4O3/c1-2-25-13-14(23)12-21-7-9-22(10-8-21)18(24)17-11-19-15-5-3-4-6-16(15)20-17/h3-6,11,14,23H,2,7-10,12-13H2,1H3/t14-/m1/s1. The molecule has 134 valence electrons. The lowest BCUT2D eigenvalue weighted by Crippen LogP contribution is -2.51. The van der Waals surface area contributed by atoms with Crippen LogP contribution in [-0.2, 0) is 4.74 Å². The number of aliphatic hydroxyl groups excluding tert-OH is 1. The third kappa shape index (κ3) is 4.50. The van der Waals surface area contributed by atoms with E-state index in [1.54, 1.807) is 11.1 Å². The largest absolute Gasteiger partial charge is 0.389 e. The Balaban J connectivity index is 1.55. The first-order valence-electron chi connectivity index (χ1n) is 8.66. The number of para-hydroxylation sites is 2. The van der Waals surface area contributed by atoms with E-state index in [-0.39, 0.29) is 5.91 Å². The number of carbonyl (C=O) groups excluding carboxylic acids is 1. The Morgan fingerprint density at radius 2 is 1.96 bits per heavy atom. The summed E-state index contributed by atoms with van der Waals surface area (Å²) in [4.78, 5) is 25.3. The molecule has 0 saturated carbocycles. The molecule has 1 amide bonds. The fourth-order valence-electron chi connectivity index (χ4n) is 2.96. The number of rotatable bonds is 6. The maximum Gasteiger partial charge on any atom is 0.274 e. The lowest BCUT2D eigenvalue weighted by Gasteiger charge is -2.35. The van der Waals surface area contributed by atoms with Crippen molar-refractivity contribution in [2.75, 3.05) is 45.9 Å². The highest BCUT2D eigenvalue weighted by Crippen LogP contribution is 2.12. The first-order chi connectivity index (χ1) is 12.2. The van der Waals surface area contributed by atoms with Gasteiger partial charge in [-0.3, -0.25) is 14.7 Å². The van der Waals surface area contributed by atoms with Crippen LogP contribution in [0.5, 0.6) is 0 Å². The monoisotopic (exact) mass is 344 g/mol. The highest BCUT2D eigenvalue weighted by molar-refractivity contribution is 5.93. The minimum Gasteiger partial charge on any atom is -0.389 e. The molecule has 0 radical (unpaired) electrons. The Labute approximate surface area is 147 Å². The number of ether oxygens (including phenoxy) is 1.